The molecule has 0 aliphatic heterocycles. The molecule has 0 atom stereocenters. The average molecular weight is 384 g/mol. The SMILES string of the molecule is Cc1ccc(NC(=O)c2nocc2C(C)(C)C)cc1I. The molecule has 5 heteroatoms. The van der Waals surface area contributed by atoms with E-state index in [0.29, 0.717) is 5.69 Å². The van der Waals surface area contributed by atoms with Crippen LogP contribution >= 0.6 is 22.6 Å². The standard InChI is InChI=1S/C15H17IN2O2/c1-9-5-6-10(7-12(9)16)17-14(19)13-11(8-20-18-13)15(2,3)4/h5-8H,1-4H3,(H,17,19). The molecule has 0 radical (unpaired) electrons. The monoisotopic (exact) mass is 384 g/mol. The third-order valence-electron chi connectivity index (χ3n) is 3.02. The highest BCUT2D eigenvalue weighted by Crippen LogP contribution is 2.26. The molecule has 0 saturated heterocycles. The number of aryl methyl sites for hydroxylation is 1. The van der Waals surface area contributed by atoms with Crippen molar-refractivity contribution in [1.82, 2.24) is 5.16 Å². The fourth-order valence-corrected chi connectivity index (χ4v) is 2.31. The molecule has 20 heavy (non-hydrogen) atoms. The highest BCUT2D eigenvalue weighted by molar-refractivity contribution is 14.1. The molecule has 0 unspecified atom stereocenters. The van der Waals surface area contributed by atoms with Gasteiger partial charge in [-0.1, -0.05) is 32.0 Å². The number of hydrogen-bond donors (Lipinski definition) is 1. The Labute approximate surface area is 132 Å². The Morgan fingerprint density at radius 2 is 2.05 bits per heavy atom. The molecule has 1 aromatic heterocycles. The number of anilines is 1. The molecule has 1 N–H and O–H groups in total. The van der Waals surface area contributed by atoms with Crippen LogP contribution in [-0.2, 0) is 5.41 Å². The number of amides is 1. The molecule has 2 rings (SSSR count). The van der Waals surface area contributed by atoms with Gasteiger partial charge in [-0.3, -0.25) is 4.79 Å². The first kappa shape index (κ1) is 15.0. The second-order valence-corrected chi connectivity index (χ2v) is 6.91. The number of nitrogens with one attached hydrogen (secondary N) is 1. The fraction of sp³-hybridized carbons (Fsp3) is 0.333. The molecule has 0 bridgehead atoms. The van der Waals surface area contributed by atoms with Crippen LogP contribution in [0.4, 0.5) is 5.69 Å². The molecule has 106 valence electrons. The van der Waals surface area contributed by atoms with E-state index in [0.717, 1.165) is 14.8 Å². The Kier molecular flexibility index (Phi) is 4.17. The van der Waals surface area contributed by atoms with E-state index in [-0.39, 0.29) is 11.3 Å². The second kappa shape index (κ2) is 5.55. The van der Waals surface area contributed by atoms with Gasteiger partial charge >= 0.3 is 0 Å². The summed E-state index contributed by atoms with van der Waals surface area (Å²) in [5.41, 5.74) is 2.90. The molecule has 2 aromatic rings. The van der Waals surface area contributed by atoms with Crippen molar-refractivity contribution in [3.63, 3.8) is 0 Å². The lowest BCUT2D eigenvalue weighted by Crippen LogP contribution is -2.20. The molecular weight excluding hydrogens is 367 g/mol. The first-order valence-electron chi connectivity index (χ1n) is 6.31. The van der Waals surface area contributed by atoms with Crippen LogP contribution in [0.2, 0.25) is 0 Å². The van der Waals surface area contributed by atoms with Crippen molar-refractivity contribution in [3.8, 4) is 0 Å². The van der Waals surface area contributed by atoms with Crippen molar-refractivity contribution in [1.29, 1.82) is 0 Å². The van der Waals surface area contributed by atoms with Gasteiger partial charge in [-0.2, -0.15) is 0 Å². The average Bonchev–Trinajstić information content (AvgIpc) is 2.83. The van der Waals surface area contributed by atoms with Crippen molar-refractivity contribution in [2.24, 2.45) is 0 Å². The first-order valence-corrected chi connectivity index (χ1v) is 7.39. The summed E-state index contributed by atoms with van der Waals surface area (Å²) in [5.74, 6) is -0.247. The Hall–Kier alpha value is -1.37. The van der Waals surface area contributed by atoms with E-state index in [2.05, 4.69) is 33.1 Å². The normalized spacial score (nSPS) is 11.4. The fourth-order valence-electron chi connectivity index (χ4n) is 1.79. The van der Waals surface area contributed by atoms with E-state index in [1.54, 1.807) is 0 Å². The number of carbonyl (C=O) groups excluding carboxylic acids is 1. The van der Waals surface area contributed by atoms with Crippen molar-refractivity contribution in [2.75, 3.05) is 5.32 Å². The maximum atomic E-state index is 12.3. The summed E-state index contributed by atoms with van der Waals surface area (Å²) >= 11 is 2.24. The van der Waals surface area contributed by atoms with Gasteiger partial charge in [0.25, 0.3) is 5.91 Å². The van der Waals surface area contributed by atoms with Gasteiger partial charge in [0.2, 0.25) is 0 Å². The lowest BCUT2D eigenvalue weighted by Gasteiger charge is -2.16. The van der Waals surface area contributed by atoms with Crippen molar-refractivity contribution in [2.45, 2.75) is 33.1 Å². The van der Waals surface area contributed by atoms with Gasteiger partial charge < -0.3 is 9.84 Å². The lowest BCUT2D eigenvalue weighted by molar-refractivity contribution is 0.101. The third kappa shape index (κ3) is 3.20. The van der Waals surface area contributed by atoms with Crippen LogP contribution in [0.5, 0.6) is 0 Å². The van der Waals surface area contributed by atoms with E-state index in [1.807, 2.05) is 45.9 Å². The van der Waals surface area contributed by atoms with Crippen LogP contribution in [-0.4, -0.2) is 11.1 Å². The van der Waals surface area contributed by atoms with E-state index >= 15 is 0 Å². The molecule has 1 aromatic carbocycles. The quantitative estimate of drug-likeness (QED) is 0.792. The number of aromatic nitrogens is 1. The zero-order chi connectivity index (χ0) is 14.9. The zero-order valence-corrected chi connectivity index (χ0v) is 14.1. The maximum absolute atomic E-state index is 12.3. The van der Waals surface area contributed by atoms with Gasteiger partial charge in [0.1, 0.15) is 6.26 Å². The molecule has 0 aliphatic rings. The van der Waals surface area contributed by atoms with E-state index < -0.39 is 0 Å². The number of benzene rings is 1. The molecule has 0 aliphatic carbocycles. The molecule has 0 fully saturated rings. The van der Waals surface area contributed by atoms with Gasteiger partial charge in [-0.25, -0.2) is 0 Å². The van der Waals surface area contributed by atoms with Crippen molar-refractivity contribution >= 4 is 34.2 Å². The number of hydrogen-bond acceptors (Lipinski definition) is 3. The number of nitrogens with zero attached hydrogens (tertiary/aromatic N) is 1. The predicted octanol–water partition coefficient (Wildman–Crippen LogP) is 4.14. The van der Waals surface area contributed by atoms with Crippen LogP contribution in [0.1, 0.15) is 42.4 Å². The van der Waals surface area contributed by atoms with Crippen LogP contribution < -0.4 is 5.32 Å². The van der Waals surface area contributed by atoms with Crippen LogP contribution in [0, 0.1) is 10.5 Å². The minimum absolute atomic E-state index is 0.186. The first-order chi connectivity index (χ1) is 9.29. The summed E-state index contributed by atoms with van der Waals surface area (Å²) in [5, 5.41) is 6.69. The molecule has 0 saturated carbocycles. The summed E-state index contributed by atoms with van der Waals surface area (Å²) in [4.78, 5) is 12.3. The smallest absolute Gasteiger partial charge is 0.278 e. The van der Waals surface area contributed by atoms with E-state index in [1.165, 1.54) is 11.8 Å². The Balaban J connectivity index is 2.25. The third-order valence-corrected chi connectivity index (χ3v) is 4.18. The maximum Gasteiger partial charge on any atom is 0.278 e. The predicted molar refractivity (Wildman–Crippen MR) is 87.1 cm³/mol. The minimum atomic E-state index is -0.247. The molecule has 1 amide bonds. The molecule has 4 nitrogen and oxygen atoms in total. The van der Waals surface area contributed by atoms with Gasteiger partial charge in [0.15, 0.2) is 5.69 Å². The summed E-state index contributed by atoms with van der Waals surface area (Å²) < 4.78 is 6.07. The molecular formula is C15H17IN2O2. The summed E-state index contributed by atoms with van der Waals surface area (Å²) in [6.45, 7) is 8.09. The molecule has 1 heterocycles. The van der Waals surface area contributed by atoms with Gasteiger partial charge in [0, 0.05) is 14.8 Å². The number of rotatable bonds is 2. The number of halogens is 1. The van der Waals surface area contributed by atoms with Gasteiger partial charge in [0.05, 0.1) is 0 Å². The molecule has 0 spiro atoms. The second-order valence-electron chi connectivity index (χ2n) is 5.74. The van der Waals surface area contributed by atoms with Crippen LogP contribution in [0.3, 0.4) is 0 Å². The van der Waals surface area contributed by atoms with Crippen molar-refractivity contribution in [3.05, 3.63) is 44.9 Å². The number of carbonyl (C=O) groups is 1. The van der Waals surface area contributed by atoms with Crippen LogP contribution in [0.25, 0.3) is 0 Å². The van der Waals surface area contributed by atoms with Gasteiger partial charge in [-0.15, -0.1) is 0 Å². The topological polar surface area (TPSA) is 55.1 Å². The Bertz CT molecular complexity index is 642. The van der Waals surface area contributed by atoms with Crippen LogP contribution in [0.15, 0.2) is 29.0 Å². The largest absolute Gasteiger partial charge is 0.364 e. The Morgan fingerprint density at radius 3 is 2.65 bits per heavy atom. The lowest BCUT2D eigenvalue weighted by atomic mass is 9.87. The van der Waals surface area contributed by atoms with Crippen molar-refractivity contribution < 1.29 is 9.32 Å². The summed E-state index contributed by atoms with van der Waals surface area (Å²) in [6, 6.07) is 5.79. The summed E-state index contributed by atoms with van der Waals surface area (Å²) in [7, 11) is 0. The van der Waals surface area contributed by atoms with Gasteiger partial charge in [-0.05, 0) is 52.6 Å². The van der Waals surface area contributed by atoms with E-state index in [9.17, 15) is 4.79 Å². The zero-order valence-electron chi connectivity index (χ0n) is 12.0. The highest BCUT2D eigenvalue weighted by Gasteiger charge is 2.25. The van der Waals surface area contributed by atoms with E-state index in [4.69, 9.17) is 4.52 Å². The highest BCUT2D eigenvalue weighted by atomic mass is 127. The summed E-state index contributed by atoms with van der Waals surface area (Å²) in [6.07, 6.45) is 1.54. The minimum Gasteiger partial charge on any atom is -0.364 e. The Morgan fingerprint density at radius 1 is 1.35 bits per heavy atom.